The maximum atomic E-state index is 2.94. The molecule has 0 aliphatic rings. The molecule has 0 saturated carbocycles. The maximum absolute atomic E-state index is 2.94. The van der Waals surface area contributed by atoms with Crippen LogP contribution in [0.4, 0.5) is 0 Å². The zero-order valence-corrected chi connectivity index (χ0v) is 46.1. The van der Waals surface area contributed by atoms with Crippen molar-refractivity contribution >= 4 is 76.7 Å². The summed E-state index contributed by atoms with van der Waals surface area (Å²) < 4.78 is 3.78. The van der Waals surface area contributed by atoms with Crippen molar-refractivity contribution in [1.82, 2.24) is 0 Å². The van der Waals surface area contributed by atoms with Crippen LogP contribution < -0.4 is 7.16 Å². The van der Waals surface area contributed by atoms with Crippen molar-refractivity contribution in [3.05, 3.63) is 57.6 Å². The second kappa shape index (κ2) is 15.7. The first-order chi connectivity index (χ1) is 21.6. The summed E-state index contributed by atoms with van der Waals surface area (Å²) in [5, 5.41) is 2.30. The third-order valence-corrected chi connectivity index (χ3v) is 43.4. The average molecular weight is 874 g/mol. The van der Waals surface area contributed by atoms with Gasteiger partial charge in [0.1, 0.15) is 0 Å². The molecule has 0 aliphatic heterocycles. The molecule has 0 atom stereocenters. The van der Waals surface area contributed by atoms with Crippen LogP contribution in [0.25, 0.3) is 0 Å². The summed E-state index contributed by atoms with van der Waals surface area (Å²) >= 11 is -1.21. The Kier molecular flexibility index (Phi) is 14.7. The number of benzene rings is 2. The predicted octanol–water partition coefficient (Wildman–Crippen LogP) is 13.2. The van der Waals surface area contributed by atoms with Gasteiger partial charge in [0.15, 0.2) is 0 Å². The van der Waals surface area contributed by atoms with Crippen molar-refractivity contribution in [3.8, 4) is 0 Å². The van der Waals surface area contributed by atoms with Gasteiger partial charge >= 0.3 is 327 Å². The van der Waals surface area contributed by atoms with Crippen LogP contribution in [-0.4, -0.2) is 69.6 Å². The molecule has 0 heterocycles. The Balaban J connectivity index is 3.48. The van der Waals surface area contributed by atoms with Gasteiger partial charge in [0.05, 0.1) is 0 Å². The van der Waals surface area contributed by atoms with Gasteiger partial charge < -0.3 is 0 Å². The normalized spacial score (nSPS) is 14.3. The molecule has 2 rings (SSSR count). The summed E-state index contributed by atoms with van der Waals surface area (Å²) in [4.78, 5) is 0. The van der Waals surface area contributed by atoms with Gasteiger partial charge in [0.25, 0.3) is 0 Å². The molecule has 0 aromatic heterocycles. The van der Waals surface area contributed by atoms with Crippen LogP contribution in [0.5, 0.6) is 0 Å². The van der Waals surface area contributed by atoms with Crippen LogP contribution in [0, 0.1) is 0 Å². The van der Waals surface area contributed by atoms with Gasteiger partial charge in [-0.05, 0) is 0 Å². The molecule has 0 spiro atoms. The van der Waals surface area contributed by atoms with Crippen LogP contribution in [0.2, 0.25) is 118 Å². The molecular formula is C42H82Si6Sn+2. The summed E-state index contributed by atoms with van der Waals surface area (Å²) in [6.45, 7) is 63.4. The monoisotopic (exact) mass is 874 g/mol. The third kappa shape index (κ3) is 11.3. The van der Waals surface area contributed by atoms with E-state index in [2.05, 4.69) is 184 Å². The van der Waals surface area contributed by atoms with E-state index in [1.807, 2.05) is 18.3 Å². The van der Waals surface area contributed by atoms with Crippen molar-refractivity contribution in [2.45, 2.75) is 193 Å². The van der Waals surface area contributed by atoms with Gasteiger partial charge in [-0.3, -0.25) is 0 Å². The molecule has 0 aliphatic carbocycles. The fourth-order valence-corrected chi connectivity index (χ4v) is 55.9. The number of hydrogen-bond donors (Lipinski definition) is 0. The zero-order chi connectivity index (χ0) is 38.6. The molecule has 0 nitrogen and oxygen atoms in total. The van der Waals surface area contributed by atoms with Crippen LogP contribution in [0.15, 0.2) is 24.3 Å². The van der Waals surface area contributed by atoms with Crippen molar-refractivity contribution in [1.29, 1.82) is 0 Å². The fraction of sp³-hybridized carbons (Fsp3) is 0.714. The topological polar surface area (TPSA) is 0 Å². The quantitative estimate of drug-likeness (QED) is 0.166. The summed E-state index contributed by atoms with van der Waals surface area (Å²) in [6, 6.07) is 11.2. The molecule has 0 bridgehead atoms. The van der Waals surface area contributed by atoms with Gasteiger partial charge in [-0.2, -0.15) is 0 Å². The Bertz CT molecular complexity index is 1310. The summed E-state index contributed by atoms with van der Waals surface area (Å²) in [7, 11) is -9.28. The third-order valence-electron chi connectivity index (χ3n) is 10.8. The Labute approximate surface area is 324 Å². The molecule has 0 saturated heterocycles. The average Bonchev–Trinajstić information content (AvgIpc) is 2.79. The first-order valence-corrected chi connectivity index (χ1v) is 44.1. The fourth-order valence-electron chi connectivity index (χ4n) is 10.5. The summed E-state index contributed by atoms with van der Waals surface area (Å²) in [5.74, 6) is 1.67. The minimum atomic E-state index is -1.57. The minimum absolute atomic E-state index is 0.552. The van der Waals surface area contributed by atoms with Crippen molar-refractivity contribution in [2.75, 3.05) is 0 Å². The van der Waals surface area contributed by atoms with E-state index in [-0.39, 0.29) is 0 Å². The Morgan fingerprint density at radius 3 is 0.796 bits per heavy atom. The summed E-state index contributed by atoms with van der Waals surface area (Å²) in [5.41, 5.74) is 10.5. The van der Waals surface area contributed by atoms with E-state index in [0.717, 1.165) is 15.5 Å². The first kappa shape index (κ1) is 45.7. The van der Waals surface area contributed by atoms with Crippen LogP contribution >= 0.6 is 0 Å². The standard InChI is InChI=1S/C27H59Si6.C15H23.Sn/c1-28(2,3)25(29(4,5)6)22-19-23(26(30(7,8)9)31(10,11)12)21-24(20-22)27(32(13,14)15)33(16,17)18;1-10(2)13-7-14(11(3)4)9-15(8-13)12(5)6;/h19-20,25-27H,1-18H3;7-8,10-12H,1-6H3;/q;;+2. The molecule has 0 radical (unpaired) electrons. The van der Waals surface area contributed by atoms with Crippen molar-refractivity contribution in [3.63, 3.8) is 0 Å². The van der Waals surface area contributed by atoms with E-state index in [1.54, 1.807) is 22.3 Å². The number of rotatable bonds is 14. The van der Waals surface area contributed by atoms with Gasteiger partial charge in [0, 0.05) is 0 Å². The van der Waals surface area contributed by atoms with E-state index in [9.17, 15) is 0 Å². The molecule has 0 N–H and O–H groups in total. The molecule has 276 valence electrons. The molecule has 2 aromatic rings. The molecule has 7 heteroatoms. The van der Waals surface area contributed by atoms with Crippen LogP contribution in [-0.2, 0) is 0 Å². The van der Waals surface area contributed by atoms with E-state index >= 15 is 0 Å². The van der Waals surface area contributed by atoms with Gasteiger partial charge in [-0.15, -0.1) is 0 Å². The number of hydrogen-bond acceptors (Lipinski definition) is 0. The second-order valence-electron chi connectivity index (χ2n) is 23.2. The van der Waals surface area contributed by atoms with Crippen molar-refractivity contribution < 1.29 is 0 Å². The SMILES string of the molecule is CC(C)c1cc(C(C)C)[c]([Sn+2][c]2c(C([Si](C)(C)C)[Si](C)(C)C)cc(C([Si](C)(C)C)[Si](C)(C)C)cc2C([Si](C)(C)C)[Si](C)(C)C)c(C(C)C)c1. The Morgan fingerprint density at radius 1 is 0.327 bits per heavy atom. The van der Waals surface area contributed by atoms with Gasteiger partial charge in [0.2, 0.25) is 0 Å². The van der Waals surface area contributed by atoms with Gasteiger partial charge in [-0.1, -0.05) is 0 Å². The van der Waals surface area contributed by atoms with Crippen molar-refractivity contribution in [2.24, 2.45) is 0 Å². The molecule has 2 aromatic carbocycles. The predicted molar refractivity (Wildman–Crippen MR) is 248 cm³/mol. The Hall–Kier alpha value is 0.540. The molecule has 0 amide bonds. The first-order valence-electron chi connectivity index (χ1n) is 19.7. The molecule has 0 fully saturated rings. The van der Waals surface area contributed by atoms with E-state index in [0.29, 0.717) is 17.8 Å². The van der Waals surface area contributed by atoms with E-state index in [4.69, 9.17) is 0 Å². The van der Waals surface area contributed by atoms with E-state index < -0.39 is 69.6 Å². The zero-order valence-electron chi connectivity index (χ0n) is 37.3. The second-order valence-corrected chi connectivity index (χ2v) is 60.4. The molecular weight excluding hydrogens is 792 g/mol. The summed E-state index contributed by atoms with van der Waals surface area (Å²) in [6.07, 6.45) is 0. The molecule has 49 heavy (non-hydrogen) atoms. The van der Waals surface area contributed by atoms with E-state index in [1.165, 1.54) is 0 Å². The van der Waals surface area contributed by atoms with Gasteiger partial charge in [-0.25, -0.2) is 0 Å². The van der Waals surface area contributed by atoms with Crippen LogP contribution in [0.3, 0.4) is 0 Å². The van der Waals surface area contributed by atoms with Crippen LogP contribution in [0.1, 0.15) is 108 Å². The molecule has 0 unspecified atom stereocenters. The Morgan fingerprint density at radius 2 is 0.571 bits per heavy atom.